The molecule has 5 rings (SSSR count). The molecule has 0 bridgehead atoms. The van der Waals surface area contributed by atoms with E-state index in [1.807, 2.05) is 18.3 Å². The highest BCUT2D eigenvalue weighted by molar-refractivity contribution is 5.94. The molecule has 0 radical (unpaired) electrons. The molecular formula is C26H31N7O3. The highest BCUT2D eigenvalue weighted by atomic mass is 16.5. The smallest absolute Gasteiger partial charge is 0.251 e. The van der Waals surface area contributed by atoms with Crippen molar-refractivity contribution < 1.29 is 14.3 Å². The molecule has 2 aliphatic rings. The average Bonchev–Trinajstić information content (AvgIpc) is 2.94. The number of amides is 1. The zero-order valence-corrected chi connectivity index (χ0v) is 20.4. The van der Waals surface area contributed by atoms with Crippen LogP contribution in [0.25, 0.3) is 0 Å². The maximum absolute atomic E-state index is 12.7. The predicted octanol–water partition coefficient (Wildman–Crippen LogP) is 2.86. The first-order chi connectivity index (χ1) is 17.7. The van der Waals surface area contributed by atoms with Gasteiger partial charge in [0.15, 0.2) is 5.82 Å². The van der Waals surface area contributed by atoms with Gasteiger partial charge in [0.05, 0.1) is 44.6 Å². The monoisotopic (exact) mass is 489 g/mol. The Hall–Kier alpha value is -3.92. The van der Waals surface area contributed by atoms with Gasteiger partial charge in [0.1, 0.15) is 17.4 Å². The van der Waals surface area contributed by atoms with Gasteiger partial charge in [0.2, 0.25) is 0 Å². The third-order valence-electron chi connectivity index (χ3n) is 6.41. The number of methoxy groups -OCH3 is 1. The number of rotatable bonds is 7. The van der Waals surface area contributed by atoms with Crippen molar-refractivity contribution in [2.24, 2.45) is 0 Å². The van der Waals surface area contributed by atoms with Crippen LogP contribution in [0.15, 0.2) is 55.0 Å². The maximum Gasteiger partial charge on any atom is 0.251 e. The van der Waals surface area contributed by atoms with Crippen molar-refractivity contribution >= 4 is 29.0 Å². The second-order valence-electron chi connectivity index (χ2n) is 8.88. The van der Waals surface area contributed by atoms with Crippen molar-refractivity contribution in [2.45, 2.75) is 18.9 Å². The molecule has 3 aromatic rings. The minimum Gasteiger partial charge on any atom is -0.497 e. The van der Waals surface area contributed by atoms with Crippen LogP contribution in [0.5, 0.6) is 5.75 Å². The Morgan fingerprint density at radius 3 is 2.58 bits per heavy atom. The number of morpholine rings is 1. The van der Waals surface area contributed by atoms with Crippen LogP contribution in [-0.4, -0.2) is 73.4 Å². The zero-order valence-electron chi connectivity index (χ0n) is 20.4. The van der Waals surface area contributed by atoms with Gasteiger partial charge in [-0.05, 0) is 49.2 Å². The highest BCUT2D eigenvalue weighted by Crippen LogP contribution is 2.22. The molecule has 2 fully saturated rings. The van der Waals surface area contributed by atoms with Gasteiger partial charge in [-0.2, -0.15) is 0 Å². The number of carbonyl (C=O) groups excluding carboxylic acids is 1. The number of ether oxygens (including phenoxy) is 2. The number of anilines is 4. The van der Waals surface area contributed by atoms with Crippen molar-refractivity contribution in [1.29, 1.82) is 0 Å². The predicted molar refractivity (Wildman–Crippen MR) is 138 cm³/mol. The van der Waals surface area contributed by atoms with Crippen LogP contribution in [0, 0.1) is 0 Å². The van der Waals surface area contributed by atoms with E-state index in [-0.39, 0.29) is 11.9 Å². The summed E-state index contributed by atoms with van der Waals surface area (Å²) in [4.78, 5) is 30.8. The number of carbonyl (C=O) groups is 1. The van der Waals surface area contributed by atoms with Crippen LogP contribution in [0.3, 0.4) is 0 Å². The Kier molecular flexibility index (Phi) is 7.41. The van der Waals surface area contributed by atoms with Gasteiger partial charge in [-0.15, -0.1) is 0 Å². The molecule has 1 amide bonds. The molecule has 0 spiro atoms. The maximum atomic E-state index is 12.7. The molecule has 0 saturated carbocycles. The lowest BCUT2D eigenvalue weighted by Gasteiger charge is -2.34. The van der Waals surface area contributed by atoms with E-state index in [0.717, 1.165) is 68.8 Å². The number of hydrogen-bond acceptors (Lipinski definition) is 9. The van der Waals surface area contributed by atoms with Gasteiger partial charge >= 0.3 is 0 Å². The number of piperidine rings is 1. The van der Waals surface area contributed by atoms with Crippen LogP contribution in [0.2, 0.25) is 0 Å². The van der Waals surface area contributed by atoms with Crippen LogP contribution in [-0.2, 0) is 4.74 Å². The number of aromatic nitrogens is 3. The average molecular weight is 490 g/mol. The Bertz CT molecular complexity index is 1150. The van der Waals surface area contributed by atoms with Crippen molar-refractivity contribution in [3.05, 3.63) is 60.6 Å². The fourth-order valence-corrected chi connectivity index (χ4v) is 4.47. The largest absolute Gasteiger partial charge is 0.497 e. The summed E-state index contributed by atoms with van der Waals surface area (Å²) in [6.07, 6.45) is 7.15. The van der Waals surface area contributed by atoms with E-state index < -0.39 is 0 Å². The number of nitrogens with zero attached hydrogens (tertiary/aromatic N) is 5. The number of hydrogen-bond donors (Lipinski definition) is 2. The van der Waals surface area contributed by atoms with Crippen LogP contribution >= 0.6 is 0 Å². The molecule has 0 unspecified atom stereocenters. The molecule has 4 heterocycles. The molecule has 0 aliphatic carbocycles. The first kappa shape index (κ1) is 23.8. The number of benzene rings is 1. The SMILES string of the molecule is COc1ccc(C(=O)N[C@@H]2CCCN(c3cncc(Nc4ccc(N5CCOCC5)nc4)n3)C2)cc1. The van der Waals surface area contributed by atoms with Gasteiger partial charge in [-0.3, -0.25) is 9.78 Å². The lowest BCUT2D eigenvalue weighted by molar-refractivity contribution is 0.0933. The number of pyridine rings is 1. The molecule has 188 valence electrons. The summed E-state index contributed by atoms with van der Waals surface area (Å²) in [5.74, 6) is 3.02. The molecule has 10 heteroatoms. The highest BCUT2D eigenvalue weighted by Gasteiger charge is 2.23. The fourth-order valence-electron chi connectivity index (χ4n) is 4.47. The molecule has 1 aromatic carbocycles. The first-order valence-electron chi connectivity index (χ1n) is 12.3. The third-order valence-corrected chi connectivity index (χ3v) is 6.41. The van der Waals surface area contributed by atoms with Gasteiger partial charge in [0, 0.05) is 37.8 Å². The molecule has 36 heavy (non-hydrogen) atoms. The molecule has 10 nitrogen and oxygen atoms in total. The summed E-state index contributed by atoms with van der Waals surface area (Å²) < 4.78 is 10.6. The molecule has 1 atom stereocenters. The van der Waals surface area contributed by atoms with E-state index in [1.165, 1.54) is 0 Å². The standard InChI is InChI=1S/C26H31N7O3/c1-35-22-7-4-19(5-8-22)26(34)30-21-3-2-10-33(18-21)25-17-27-16-23(31-25)29-20-6-9-24(28-15-20)32-11-13-36-14-12-32/h4-9,15-17,21H,2-3,10-14,18H2,1H3,(H,29,31)(H,30,34)/t21-/m1/s1. The second-order valence-corrected chi connectivity index (χ2v) is 8.88. The third kappa shape index (κ3) is 5.83. The molecular weight excluding hydrogens is 458 g/mol. The lowest BCUT2D eigenvalue weighted by atomic mass is 10.0. The summed E-state index contributed by atoms with van der Waals surface area (Å²) in [7, 11) is 1.61. The van der Waals surface area contributed by atoms with E-state index in [4.69, 9.17) is 14.5 Å². The van der Waals surface area contributed by atoms with Crippen molar-refractivity contribution in [1.82, 2.24) is 20.3 Å². The summed E-state index contributed by atoms with van der Waals surface area (Å²) in [6.45, 7) is 4.70. The van der Waals surface area contributed by atoms with E-state index in [2.05, 4.69) is 30.4 Å². The van der Waals surface area contributed by atoms with Crippen LogP contribution < -0.4 is 25.2 Å². The molecule has 2 N–H and O–H groups in total. The normalized spacial score (nSPS) is 18.0. The van der Waals surface area contributed by atoms with E-state index in [9.17, 15) is 4.79 Å². The molecule has 2 saturated heterocycles. The van der Waals surface area contributed by atoms with E-state index in [0.29, 0.717) is 17.9 Å². The summed E-state index contributed by atoms with van der Waals surface area (Å²) in [5, 5.41) is 6.46. The topological polar surface area (TPSA) is 105 Å². The zero-order chi connectivity index (χ0) is 24.7. The van der Waals surface area contributed by atoms with E-state index >= 15 is 0 Å². The van der Waals surface area contributed by atoms with Crippen LogP contribution in [0.4, 0.5) is 23.1 Å². The first-order valence-corrected chi connectivity index (χ1v) is 12.3. The molecule has 2 aromatic heterocycles. The second kappa shape index (κ2) is 11.2. The summed E-state index contributed by atoms with van der Waals surface area (Å²) in [6, 6.07) is 11.2. The van der Waals surface area contributed by atoms with Gasteiger partial charge in [-0.25, -0.2) is 9.97 Å². The minimum atomic E-state index is -0.0842. The summed E-state index contributed by atoms with van der Waals surface area (Å²) in [5.41, 5.74) is 1.47. The van der Waals surface area contributed by atoms with Crippen LogP contribution in [0.1, 0.15) is 23.2 Å². The van der Waals surface area contributed by atoms with Crippen molar-refractivity contribution in [2.75, 3.05) is 61.6 Å². The van der Waals surface area contributed by atoms with Gasteiger partial charge in [0.25, 0.3) is 5.91 Å². The van der Waals surface area contributed by atoms with Crippen molar-refractivity contribution in [3.63, 3.8) is 0 Å². The van der Waals surface area contributed by atoms with Crippen molar-refractivity contribution in [3.8, 4) is 5.75 Å². The molecule has 2 aliphatic heterocycles. The lowest BCUT2D eigenvalue weighted by Crippen LogP contribution is -2.48. The van der Waals surface area contributed by atoms with E-state index in [1.54, 1.807) is 43.8 Å². The fraction of sp³-hybridized carbons (Fsp3) is 0.385. The quantitative estimate of drug-likeness (QED) is 0.518. The summed E-state index contributed by atoms with van der Waals surface area (Å²) >= 11 is 0. The Labute approximate surface area is 210 Å². The van der Waals surface area contributed by atoms with Gasteiger partial charge in [-0.1, -0.05) is 0 Å². The minimum absolute atomic E-state index is 0.0312. The number of nitrogens with one attached hydrogen (secondary N) is 2. The Morgan fingerprint density at radius 2 is 1.83 bits per heavy atom. The Morgan fingerprint density at radius 1 is 1.00 bits per heavy atom. The van der Waals surface area contributed by atoms with Gasteiger partial charge < -0.3 is 29.9 Å². The Balaban J connectivity index is 1.19.